The maximum atomic E-state index is 5.95. The molecular weight excluding hydrogens is 204 g/mol. The Morgan fingerprint density at radius 2 is 1.86 bits per heavy atom. The van der Waals surface area contributed by atoms with Gasteiger partial charge in [-0.3, -0.25) is 0 Å². The first-order chi connectivity index (χ1) is 6.74. The van der Waals surface area contributed by atoms with Crippen molar-refractivity contribution >= 4 is 11.6 Å². The zero-order valence-electron chi connectivity index (χ0n) is 8.41. The van der Waals surface area contributed by atoms with Crippen LogP contribution in [0.5, 0.6) is 11.5 Å². The maximum absolute atomic E-state index is 5.95. The van der Waals surface area contributed by atoms with Crippen LogP contribution in [0.2, 0.25) is 0 Å². The van der Waals surface area contributed by atoms with Gasteiger partial charge in [0.2, 0.25) is 0 Å². The Morgan fingerprint density at radius 3 is 2.36 bits per heavy atom. The third-order valence-corrected chi connectivity index (χ3v) is 2.30. The third kappa shape index (κ3) is 2.11. The van der Waals surface area contributed by atoms with E-state index in [9.17, 15) is 0 Å². The molecule has 0 fully saturated rings. The van der Waals surface area contributed by atoms with Gasteiger partial charge in [0.15, 0.2) is 17.1 Å². The minimum atomic E-state index is -0.528. The van der Waals surface area contributed by atoms with Crippen LogP contribution in [0.3, 0.4) is 0 Å². The summed E-state index contributed by atoms with van der Waals surface area (Å²) < 4.78 is 15.3. The van der Waals surface area contributed by atoms with Crippen molar-refractivity contribution in [2.45, 2.75) is 5.56 Å². The monoisotopic (exact) mass is 216 g/mol. The van der Waals surface area contributed by atoms with E-state index < -0.39 is 5.56 Å². The fraction of sp³-hybridized carbons (Fsp3) is 0.400. The minimum Gasteiger partial charge on any atom is -0.493 e. The van der Waals surface area contributed by atoms with E-state index in [0.717, 1.165) is 5.56 Å². The second-order valence-corrected chi connectivity index (χ2v) is 3.03. The van der Waals surface area contributed by atoms with E-state index >= 15 is 0 Å². The lowest BCUT2D eigenvalue weighted by molar-refractivity contribution is 0.166. The molecule has 3 nitrogen and oxygen atoms in total. The van der Waals surface area contributed by atoms with Crippen LogP contribution in [0.15, 0.2) is 18.2 Å². The van der Waals surface area contributed by atoms with Gasteiger partial charge < -0.3 is 14.2 Å². The molecule has 0 spiro atoms. The lowest BCUT2D eigenvalue weighted by atomic mass is 10.2. The molecule has 0 aliphatic heterocycles. The summed E-state index contributed by atoms with van der Waals surface area (Å²) in [6.45, 7) is 0. The van der Waals surface area contributed by atoms with Crippen molar-refractivity contribution in [3.05, 3.63) is 23.8 Å². The number of hydrogen-bond donors (Lipinski definition) is 0. The van der Waals surface area contributed by atoms with Crippen molar-refractivity contribution in [2.24, 2.45) is 0 Å². The summed E-state index contributed by atoms with van der Waals surface area (Å²) in [6, 6.07) is 5.48. The molecule has 1 aromatic rings. The zero-order chi connectivity index (χ0) is 10.6. The summed E-state index contributed by atoms with van der Waals surface area (Å²) >= 11 is 5.95. The highest BCUT2D eigenvalue weighted by Gasteiger charge is 2.15. The number of para-hydroxylation sites is 1. The van der Waals surface area contributed by atoms with Crippen LogP contribution in [0.1, 0.15) is 11.1 Å². The normalized spacial score (nSPS) is 12.3. The number of benzene rings is 1. The predicted molar refractivity (Wildman–Crippen MR) is 55.1 cm³/mol. The molecular formula is C10H13ClO3. The van der Waals surface area contributed by atoms with Crippen LogP contribution in [-0.4, -0.2) is 21.3 Å². The van der Waals surface area contributed by atoms with Crippen LogP contribution in [0.4, 0.5) is 0 Å². The fourth-order valence-electron chi connectivity index (χ4n) is 1.22. The Kier molecular flexibility index (Phi) is 4.04. The fourth-order valence-corrected chi connectivity index (χ4v) is 1.39. The van der Waals surface area contributed by atoms with E-state index in [2.05, 4.69) is 0 Å². The summed E-state index contributed by atoms with van der Waals surface area (Å²) in [5, 5.41) is 0. The molecule has 0 saturated carbocycles. The van der Waals surface area contributed by atoms with Gasteiger partial charge in [0, 0.05) is 12.7 Å². The van der Waals surface area contributed by atoms with Gasteiger partial charge in [-0.2, -0.15) is 0 Å². The van der Waals surface area contributed by atoms with Crippen molar-refractivity contribution in [1.82, 2.24) is 0 Å². The summed E-state index contributed by atoms with van der Waals surface area (Å²) in [6.07, 6.45) is 0. The van der Waals surface area contributed by atoms with Gasteiger partial charge in [-0.15, -0.1) is 0 Å². The van der Waals surface area contributed by atoms with E-state index in [-0.39, 0.29) is 0 Å². The molecule has 0 saturated heterocycles. The van der Waals surface area contributed by atoms with Gasteiger partial charge in [-0.05, 0) is 6.07 Å². The quantitative estimate of drug-likeness (QED) is 0.725. The van der Waals surface area contributed by atoms with E-state index in [1.807, 2.05) is 18.2 Å². The average Bonchev–Trinajstić information content (AvgIpc) is 2.26. The smallest absolute Gasteiger partial charge is 0.167 e. The van der Waals surface area contributed by atoms with Gasteiger partial charge >= 0.3 is 0 Å². The average molecular weight is 217 g/mol. The molecule has 0 N–H and O–H groups in total. The molecule has 0 aliphatic carbocycles. The molecule has 1 unspecified atom stereocenters. The van der Waals surface area contributed by atoms with Crippen LogP contribution in [0, 0.1) is 0 Å². The van der Waals surface area contributed by atoms with Crippen LogP contribution >= 0.6 is 11.6 Å². The van der Waals surface area contributed by atoms with Crippen LogP contribution in [0.25, 0.3) is 0 Å². The van der Waals surface area contributed by atoms with Crippen LogP contribution < -0.4 is 9.47 Å². The third-order valence-electron chi connectivity index (χ3n) is 1.88. The van der Waals surface area contributed by atoms with Gasteiger partial charge in [0.25, 0.3) is 0 Å². The second kappa shape index (κ2) is 5.08. The van der Waals surface area contributed by atoms with Crippen molar-refractivity contribution in [1.29, 1.82) is 0 Å². The summed E-state index contributed by atoms with van der Waals surface area (Å²) in [7, 11) is 4.69. The van der Waals surface area contributed by atoms with Crippen molar-refractivity contribution in [3.8, 4) is 11.5 Å². The van der Waals surface area contributed by atoms with Gasteiger partial charge in [0.05, 0.1) is 14.2 Å². The molecule has 0 aromatic heterocycles. The van der Waals surface area contributed by atoms with E-state index in [1.165, 1.54) is 7.11 Å². The molecule has 4 heteroatoms. The molecule has 0 heterocycles. The highest BCUT2D eigenvalue weighted by atomic mass is 35.5. The Labute approximate surface area is 88.5 Å². The Morgan fingerprint density at radius 1 is 1.14 bits per heavy atom. The van der Waals surface area contributed by atoms with Crippen molar-refractivity contribution in [2.75, 3.05) is 21.3 Å². The molecule has 1 aromatic carbocycles. The number of methoxy groups -OCH3 is 3. The number of rotatable bonds is 4. The largest absolute Gasteiger partial charge is 0.493 e. The first-order valence-electron chi connectivity index (χ1n) is 4.12. The Hall–Kier alpha value is -0.930. The maximum Gasteiger partial charge on any atom is 0.167 e. The predicted octanol–water partition coefficient (Wildman–Crippen LogP) is 2.59. The molecule has 14 heavy (non-hydrogen) atoms. The van der Waals surface area contributed by atoms with E-state index in [4.69, 9.17) is 25.8 Å². The lowest BCUT2D eigenvalue weighted by Gasteiger charge is -2.15. The first-order valence-corrected chi connectivity index (χ1v) is 4.56. The van der Waals surface area contributed by atoms with Gasteiger partial charge in [-0.1, -0.05) is 23.7 Å². The molecule has 1 atom stereocenters. The summed E-state index contributed by atoms with van der Waals surface area (Å²) in [5.74, 6) is 1.25. The van der Waals surface area contributed by atoms with Gasteiger partial charge in [0.1, 0.15) is 0 Å². The standard InChI is InChI=1S/C10H13ClO3/c1-12-8-6-4-5-7(9(8)13-2)10(11)14-3/h4-6,10H,1-3H3. The highest BCUT2D eigenvalue weighted by molar-refractivity contribution is 6.20. The molecule has 78 valence electrons. The number of hydrogen-bond acceptors (Lipinski definition) is 3. The minimum absolute atomic E-state index is 0.528. The Bertz CT molecular complexity index is 301. The molecule has 0 radical (unpaired) electrons. The number of ether oxygens (including phenoxy) is 3. The molecule has 0 bridgehead atoms. The topological polar surface area (TPSA) is 27.7 Å². The lowest BCUT2D eigenvalue weighted by Crippen LogP contribution is -1.99. The molecule has 0 amide bonds. The van der Waals surface area contributed by atoms with Crippen LogP contribution in [-0.2, 0) is 4.74 Å². The summed E-state index contributed by atoms with van der Waals surface area (Å²) in [4.78, 5) is 0. The van der Waals surface area contributed by atoms with E-state index in [1.54, 1.807) is 14.2 Å². The SMILES string of the molecule is COc1cccc(C(Cl)OC)c1OC. The Balaban J connectivity index is 3.14. The van der Waals surface area contributed by atoms with Gasteiger partial charge in [-0.25, -0.2) is 0 Å². The molecule has 1 rings (SSSR count). The molecule has 0 aliphatic rings. The first kappa shape index (κ1) is 11.1. The zero-order valence-corrected chi connectivity index (χ0v) is 9.17. The van der Waals surface area contributed by atoms with Crippen molar-refractivity contribution in [3.63, 3.8) is 0 Å². The number of alkyl halides is 1. The van der Waals surface area contributed by atoms with E-state index in [0.29, 0.717) is 11.5 Å². The number of halogens is 1. The highest BCUT2D eigenvalue weighted by Crippen LogP contribution is 2.37. The second-order valence-electron chi connectivity index (χ2n) is 2.63. The summed E-state index contributed by atoms with van der Waals surface area (Å²) in [5.41, 5.74) is 0.232. The van der Waals surface area contributed by atoms with Crippen molar-refractivity contribution < 1.29 is 14.2 Å².